The molecule has 7 nitrogen and oxygen atoms in total. The monoisotopic (exact) mass is 381 g/mol. The van der Waals surface area contributed by atoms with Crippen molar-refractivity contribution >= 4 is 17.6 Å². The second-order valence-electron chi connectivity index (χ2n) is 6.53. The molecule has 0 aliphatic carbocycles. The van der Waals surface area contributed by atoms with Crippen LogP contribution in [0.1, 0.15) is 30.9 Å². The van der Waals surface area contributed by atoms with Crippen LogP contribution in [0.15, 0.2) is 47.6 Å². The molecule has 28 heavy (non-hydrogen) atoms. The number of pyridine rings is 1. The normalized spacial score (nSPS) is 14.3. The fourth-order valence-electron chi connectivity index (χ4n) is 3.09. The van der Waals surface area contributed by atoms with Crippen molar-refractivity contribution in [1.82, 2.24) is 15.6 Å². The molecule has 1 amide bonds. The summed E-state index contributed by atoms with van der Waals surface area (Å²) in [5, 5.41) is 6.59. The van der Waals surface area contributed by atoms with Crippen LogP contribution < -0.4 is 20.3 Å². The van der Waals surface area contributed by atoms with Gasteiger partial charge in [0.25, 0.3) is 0 Å². The second kappa shape index (κ2) is 9.73. The minimum Gasteiger partial charge on any atom is -0.478 e. The summed E-state index contributed by atoms with van der Waals surface area (Å²) in [5.41, 5.74) is 3.17. The molecule has 1 aliphatic rings. The van der Waals surface area contributed by atoms with Crippen LogP contribution in [0.2, 0.25) is 0 Å². The van der Waals surface area contributed by atoms with Gasteiger partial charge in [-0.15, -0.1) is 0 Å². The first-order chi connectivity index (χ1) is 13.7. The summed E-state index contributed by atoms with van der Waals surface area (Å²) in [6.45, 7) is 4.62. The molecule has 7 heteroatoms. The SMILES string of the molecule is CCOc1cc(CNC(=NC)NCc2ccc(N3CCCC3=O)cc2)ccn1. The van der Waals surface area contributed by atoms with Gasteiger partial charge >= 0.3 is 0 Å². The van der Waals surface area contributed by atoms with E-state index in [1.807, 2.05) is 48.2 Å². The molecule has 1 fully saturated rings. The van der Waals surface area contributed by atoms with Gasteiger partial charge in [-0.3, -0.25) is 9.79 Å². The van der Waals surface area contributed by atoms with Crippen LogP contribution in [0.5, 0.6) is 5.88 Å². The van der Waals surface area contributed by atoms with Gasteiger partial charge in [0.1, 0.15) is 0 Å². The van der Waals surface area contributed by atoms with Crippen molar-refractivity contribution in [1.29, 1.82) is 0 Å². The van der Waals surface area contributed by atoms with E-state index >= 15 is 0 Å². The van der Waals surface area contributed by atoms with Crippen LogP contribution in [0.4, 0.5) is 5.69 Å². The standard InChI is InChI=1S/C21H27N5O2/c1-3-28-19-13-17(10-11-23-19)15-25-21(22-2)24-14-16-6-8-18(9-7-16)26-12-4-5-20(26)27/h6-11,13H,3-5,12,14-15H2,1-2H3,(H2,22,24,25). The third kappa shape index (κ3) is 5.22. The highest BCUT2D eigenvalue weighted by molar-refractivity contribution is 5.95. The summed E-state index contributed by atoms with van der Waals surface area (Å²) < 4.78 is 5.43. The molecular formula is C21H27N5O2. The lowest BCUT2D eigenvalue weighted by molar-refractivity contribution is -0.117. The van der Waals surface area contributed by atoms with Crippen molar-refractivity contribution in [2.75, 3.05) is 25.1 Å². The molecule has 2 N–H and O–H groups in total. The highest BCUT2D eigenvalue weighted by atomic mass is 16.5. The van der Waals surface area contributed by atoms with E-state index in [2.05, 4.69) is 20.6 Å². The van der Waals surface area contributed by atoms with Crippen LogP contribution >= 0.6 is 0 Å². The lowest BCUT2D eigenvalue weighted by Gasteiger charge is -2.16. The Morgan fingerprint density at radius 2 is 1.93 bits per heavy atom. The van der Waals surface area contributed by atoms with Gasteiger partial charge in [-0.1, -0.05) is 12.1 Å². The molecule has 0 atom stereocenters. The van der Waals surface area contributed by atoms with Crippen LogP contribution in [-0.4, -0.2) is 37.1 Å². The maximum atomic E-state index is 11.8. The average molecular weight is 381 g/mol. The molecule has 2 heterocycles. The predicted molar refractivity (Wildman–Crippen MR) is 110 cm³/mol. The van der Waals surface area contributed by atoms with Gasteiger partial charge in [-0.2, -0.15) is 0 Å². The highest BCUT2D eigenvalue weighted by Gasteiger charge is 2.21. The Hall–Kier alpha value is -3.09. The number of aliphatic imine (C=N–C) groups is 1. The smallest absolute Gasteiger partial charge is 0.227 e. The molecule has 1 aromatic heterocycles. The van der Waals surface area contributed by atoms with Crippen molar-refractivity contribution < 1.29 is 9.53 Å². The number of benzene rings is 1. The molecule has 0 saturated carbocycles. The third-order valence-corrected chi connectivity index (χ3v) is 4.56. The first-order valence-electron chi connectivity index (χ1n) is 9.61. The van der Waals surface area contributed by atoms with Crippen molar-refractivity contribution in [3.05, 3.63) is 53.7 Å². The number of hydrogen-bond donors (Lipinski definition) is 2. The Bertz CT molecular complexity index is 820. The van der Waals surface area contributed by atoms with Crippen molar-refractivity contribution in [3.8, 4) is 5.88 Å². The zero-order chi connectivity index (χ0) is 19.8. The van der Waals surface area contributed by atoms with Gasteiger partial charge in [-0.05, 0) is 42.7 Å². The van der Waals surface area contributed by atoms with Gasteiger partial charge < -0.3 is 20.3 Å². The number of nitrogens with zero attached hydrogens (tertiary/aromatic N) is 3. The summed E-state index contributed by atoms with van der Waals surface area (Å²) in [6.07, 6.45) is 3.33. The molecule has 1 saturated heterocycles. The van der Waals surface area contributed by atoms with E-state index in [1.165, 1.54) is 0 Å². The number of rotatable bonds is 7. The van der Waals surface area contributed by atoms with Crippen molar-refractivity contribution in [2.45, 2.75) is 32.9 Å². The average Bonchev–Trinajstić information content (AvgIpc) is 3.15. The van der Waals surface area contributed by atoms with Crippen LogP contribution in [0, 0.1) is 0 Å². The number of amides is 1. The van der Waals surface area contributed by atoms with E-state index in [4.69, 9.17) is 4.74 Å². The quantitative estimate of drug-likeness (QED) is 0.569. The molecule has 1 aliphatic heterocycles. The maximum Gasteiger partial charge on any atom is 0.227 e. The van der Waals surface area contributed by atoms with Gasteiger partial charge in [-0.25, -0.2) is 4.98 Å². The summed E-state index contributed by atoms with van der Waals surface area (Å²) in [4.78, 5) is 22.1. The topological polar surface area (TPSA) is 78.9 Å². The van der Waals surface area contributed by atoms with E-state index in [-0.39, 0.29) is 5.91 Å². The Balaban J connectivity index is 1.50. The molecule has 0 radical (unpaired) electrons. The number of hydrogen-bond acceptors (Lipinski definition) is 4. The lowest BCUT2D eigenvalue weighted by atomic mass is 10.2. The first-order valence-corrected chi connectivity index (χ1v) is 9.61. The molecule has 2 aromatic rings. The highest BCUT2D eigenvalue weighted by Crippen LogP contribution is 2.21. The van der Waals surface area contributed by atoms with Gasteiger partial charge in [0.05, 0.1) is 6.61 Å². The van der Waals surface area contributed by atoms with E-state index in [0.29, 0.717) is 38.0 Å². The number of carbonyl (C=O) groups is 1. The first kappa shape index (κ1) is 19.7. The Morgan fingerprint density at radius 1 is 1.18 bits per heavy atom. The largest absolute Gasteiger partial charge is 0.478 e. The summed E-state index contributed by atoms with van der Waals surface area (Å²) in [5.74, 6) is 1.55. The fourth-order valence-corrected chi connectivity index (χ4v) is 3.09. The molecule has 3 rings (SSSR count). The minimum absolute atomic E-state index is 0.207. The number of aromatic nitrogens is 1. The maximum absolute atomic E-state index is 11.8. The molecular weight excluding hydrogens is 354 g/mol. The Labute approximate surface area is 165 Å². The summed E-state index contributed by atoms with van der Waals surface area (Å²) in [7, 11) is 1.75. The van der Waals surface area contributed by atoms with E-state index < -0.39 is 0 Å². The molecule has 1 aromatic carbocycles. The Morgan fingerprint density at radius 3 is 2.57 bits per heavy atom. The van der Waals surface area contributed by atoms with Crippen LogP contribution in [-0.2, 0) is 17.9 Å². The minimum atomic E-state index is 0.207. The molecule has 0 unspecified atom stereocenters. The van der Waals surface area contributed by atoms with Crippen molar-refractivity contribution in [3.63, 3.8) is 0 Å². The van der Waals surface area contributed by atoms with Crippen molar-refractivity contribution in [2.24, 2.45) is 4.99 Å². The van der Waals surface area contributed by atoms with Gasteiger partial charge in [0.15, 0.2) is 5.96 Å². The number of anilines is 1. The zero-order valence-electron chi connectivity index (χ0n) is 16.4. The number of nitrogens with one attached hydrogen (secondary N) is 2. The lowest BCUT2D eigenvalue weighted by Crippen LogP contribution is -2.36. The number of carbonyl (C=O) groups excluding carboxylic acids is 1. The predicted octanol–water partition coefficient (Wildman–Crippen LogP) is 2.47. The molecule has 0 bridgehead atoms. The van der Waals surface area contributed by atoms with Gasteiger partial charge in [0, 0.05) is 51.1 Å². The summed E-state index contributed by atoms with van der Waals surface area (Å²) >= 11 is 0. The molecule has 148 valence electrons. The van der Waals surface area contributed by atoms with Crippen LogP contribution in [0.25, 0.3) is 0 Å². The fraction of sp³-hybridized carbons (Fsp3) is 0.381. The second-order valence-corrected chi connectivity index (χ2v) is 6.53. The number of ether oxygens (including phenoxy) is 1. The number of guanidine groups is 1. The van der Waals surface area contributed by atoms with E-state index in [0.717, 1.165) is 29.8 Å². The van der Waals surface area contributed by atoms with E-state index in [1.54, 1.807) is 13.2 Å². The Kier molecular flexibility index (Phi) is 6.84. The van der Waals surface area contributed by atoms with E-state index in [9.17, 15) is 4.79 Å². The zero-order valence-corrected chi connectivity index (χ0v) is 16.4. The van der Waals surface area contributed by atoms with Gasteiger partial charge in [0.2, 0.25) is 11.8 Å². The van der Waals surface area contributed by atoms with Crippen LogP contribution in [0.3, 0.4) is 0 Å². The summed E-state index contributed by atoms with van der Waals surface area (Å²) in [6, 6.07) is 11.9. The molecule has 0 spiro atoms. The third-order valence-electron chi connectivity index (χ3n) is 4.56.